The second kappa shape index (κ2) is 8.22. The molecule has 25 heavy (non-hydrogen) atoms. The van der Waals surface area contributed by atoms with Crippen molar-refractivity contribution >= 4 is 23.5 Å². The molecule has 0 heterocycles. The maximum Gasteiger partial charge on any atom is 0.330 e. The number of benzene rings is 1. The number of carbonyl (C=O) groups excluding carboxylic acids is 3. The Kier molecular flexibility index (Phi) is 6.60. The van der Waals surface area contributed by atoms with Crippen molar-refractivity contribution in [1.29, 1.82) is 0 Å². The Morgan fingerprint density at radius 2 is 1.80 bits per heavy atom. The molecule has 0 radical (unpaired) electrons. The number of hydrogen-bond donors (Lipinski definition) is 2. The number of hydrogen-bond acceptors (Lipinski definition) is 6. The number of nitrogens with one attached hydrogen (secondary N) is 2. The highest BCUT2D eigenvalue weighted by Crippen LogP contribution is 2.14. The molecule has 1 atom stereocenters. The minimum absolute atomic E-state index is 0.0731. The molecule has 2 N–H and O–H groups in total. The average molecular weight is 351 g/mol. The highest BCUT2D eigenvalue weighted by molar-refractivity contribution is 5.92. The normalized spacial score (nSPS) is 12.0. The van der Waals surface area contributed by atoms with Crippen LogP contribution in [0.2, 0.25) is 0 Å². The molecule has 0 unspecified atom stereocenters. The molecule has 0 spiro atoms. The fourth-order valence-electron chi connectivity index (χ4n) is 2.15. The maximum atomic E-state index is 12.5. The molecule has 2 amide bonds. The minimum atomic E-state index is -1.27. The first-order valence-electron chi connectivity index (χ1n) is 7.47. The number of methoxy groups -OCH3 is 1. The predicted molar refractivity (Wildman–Crippen MR) is 88.6 cm³/mol. The summed E-state index contributed by atoms with van der Waals surface area (Å²) in [6.45, 7) is 4.22. The van der Waals surface area contributed by atoms with Crippen molar-refractivity contribution < 1.29 is 24.0 Å². The van der Waals surface area contributed by atoms with E-state index in [2.05, 4.69) is 15.4 Å². The Labute approximate surface area is 144 Å². The van der Waals surface area contributed by atoms with Crippen LogP contribution in [0.5, 0.6) is 0 Å². The van der Waals surface area contributed by atoms with Crippen molar-refractivity contribution in [2.75, 3.05) is 7.11 Å². The molecule has 9 heteroatoms. The van der Waals surface area contributed by atoms with Crippen molar-refractivity contribution in [3.63, 3.8) is 0 Å². The van der Waals surface area contributed by atoms with Gasteiger partial charge >= 0.3 is 5.97 Å². The van der Waals surface area contributed by atoms with E-state index in [9.17, 15) is 24.5 Å². The molecule has 0 saturated heterocycles. The smallest absolute Gasteiger partial charge is 0.330 e. The van der Waals surface area contributed by atoms with E-state index >= 15 is 0 Å². The van der Waals surface area contributed by atoms with E-state index in [4.69, 9.17) is 0 Å². The van der Waals surface area contributed by atoms with Crippen molar-refractivity contribution in [3.05, 3.63) is 39.9 Å². The lowest BCUT2D eigenvalue weighted by Crippen LogP contribution is -2.57. The summed E-state index contributed by atoms with van der Waals surface area (Å²) in [5.74, 6) is -1.61. The van der Waals surface area contributed by atoms with E-state index in [1.165, 1.54) is 52.1 Å². The number of nitro groups is 1. The third kappa shape index (κ3) is 5.87. The van der Waals surface area contributed by atoms with Crippen molar-refractivity contribution in [2.45, 2.75) is 38.8 Å². The van der Waals surface area contributed by atoms with Crippen LogP contribution >= 0.6 is 0 Å². The van der Waals surface area contributed by atoms with Gasteiger partial charge in [0.1, 0.15) is 11.6 Å². The average Bonchev–Trinajstić information content (AvgIpc) is 2.53. The molecule has 136 valence electrons. The lowest BCUT2D eigenvalue weighted by atomic mass is 10.0. The van der Waals surface area contributed by atoms with Gasteiger partial charge in [-0.25, -0.2) is 4.79 Å². The fourth-order valence-corrected chi connectivity index (χ4v) is 2.15. The van der Waals surface area contributed by atoms with Gasteiger partial charge in [-0.3, -0.25) is 19.7 Å². The van der Waals surface area contributed by atoms with Crippen LogP contribution in [0.3, 0.4) is 0 Å². The molecule has 1 aromatic rings. The zero-order chi connectivity index (χ0) is 19.2. The second-order valence-electron chi connectivity index (χ2n) is 5.99. The van der Waals surface area contributed by atoms with Crippen LogP contribution in [0.1, 0.15) is 26.3 Å². The molecule has 9 nitrogen and oxygen atoms in total. The number of ether oxygens (including phenoxy) is 1. The van der Waals surface area contributed by atoms with Gasteiger partial charge in [0.15, 0.2) is 0 Å². The monoisotopic (exact) mass is 351 g/mol. The zero-order valence-electron chi connectivity index (χ0n) is 14.5. The Bertz CT molecular complexity index is 669. The molecule has 1 rings (SSSR count). The van der Waals surface area contributed by atoms with E-state index in [1.807, 2.05) is 0 Å². The fraction of sp³-hybridized carbons (Fsp3) is 0.438. The van der Waals surface area contributed by atoms with Crippen molar-refractivity contribution in [1.82, 2.24) is 10.6 Å². The first-order chi connectivity index (χ1) is 11.6. The molecule has 0 aromatic heterocycles. The summed E-state index contributed by atoms with van der Waals surface area (Å²) in [6.07, 6.45) is 0.112. The van der Waals surface area contributed by atoms with Crippen LogP contribution in [0.4, 0.5) is 5.69 Å². The minimum Gasteiger partial charge on any atom is -0.467 e. The first kappa shape index (κ1) is 20.1. The van der Waals surface area contributed by atoms with Gasteiger partial charge in [0.25, 0.3) is 5.69 Å². The number of nitro benzene ring substituents is 1. The molecule has 0 aliphatic heterocycles. The van der Waals surface area contributed by atoms with Crippen LogP contribution in [-0.4, -0.2) is 41.4 Å². The van der Waals surface area contributed by atoms with Crippen LogP contribution < -0.4 is 10.6 Å². The molecular formula is C16H21N3O6. The molecule has 0 aliphatic carbocycles. The Morgan fingerprint density at radius 1 is 1.24 bits per heavy atom. The number of carbonyl (C=O) groups is 3. The van der Waals surface area contributed by atoms with Gasteiger partial charge in [0, 0.05) is 25.5 Å². The summed E-state index contributed by atoms with van der Waals surface area (Å²) in [7, 11) is 1.21. The Morgan fingerprint density at radius 3 is 2.24 bits per heavy atom. The molecule has 0 aliphatic rings. The highest BCUT2D eigenvalue weighted by atomic mass is 16.6. The van der Waals surface area contributed by atoms with Crippen molar-refractivity contribution in [3.8, 4) is 0 Å². The maximum absolute atomic E-state index is 12.5. The second-order valence-corrected chi connectivity index (χ2v) is 5.99. The molecule has 0 saturated carbocycles. The topological polar surface area (TPSA) is 128 Å². The van der Waals surface area contributed by atoms with E-state index in [-0.39, 0.29) is 12.1 Å². The van der Waals surface area contributed by atoms with E-state index in [0.717, 1.165) is 0 Å². The van der Waals surface area contributed by atoms with Gasteiger partial charge in [-0.1, -0.05) is 12.1 Å². The van der Waals surface area contributed by atoms with Gasteiger partial charge in [-0.05, 0) is 19.4 Å². The third-order valence-corrected chi connectivity index (χ3v) is 3.41. The predicted octanol–water partition coefficient (Wildman–Crippen LogP) is 0.710. The highest BCUT2D eigenvalue weighted by Gasteiger charge is 2.33. The van der Waals surface area contributed by atoms with Gasteiger partial charge in [0.2, 0.25) is 11.8 Å². The SMILES string of the molecule is COC(=O)C(C)(C)NC(=O)[C@H](Cc1ccc([N+](=O)[O-])cc1)NC(C)=O. The Hall–Kier alpha value is -2.97. The van der Waals surface area contributed by atoms with Crippen LogP contribution in [0.15, 0.2) is 24.3 Å². The Balaban J connectivity index is 2.93. The lowest BCUT2D eigenvalue weighted by Gasteiger charge is -2.26. The molecule has 0 bridgehead atoms. The summed E-state index contributed by atoms with van der Waals surface area (Å²) >= 11 is 0. The quantitative estimate of drug-likeness (QED) is 0.423. The number of non-ortho nitro benzene ring substituents is 1. The number of nitrogens with zero attached hydrogens (tertiary/aromatic N) is 1. The van der Waals surface area contributed by atoms with Gasteiger partial charge < -0.3 is 15.4 Å². The lowest BCUT2D eigenvalue weighted by molar-refractivity contribution is -0.384. The standard InChI is InChI=1S/C16H21N3O6/c1-10(20)17-13(14(21)18-16(2,3)15(22)25-4)9-11-5-7-12(8-6-11)19(23)24/h5-8,13H,9H2,1-4H3,(H,17,20)(H,18,21)/t13-/m0/s1. The summed E-state index contributed by atoms with van der Waals surface area (Å²) < 4.78 is 4.63. The van der Waals surface area contributed by atoms with Crippen LogP contribution in [0, 0.1) is 10.1 Å². The van der Waals surface area contributed by atoms with E-state index in [1.54, 1.807) is 0 Å². The summed E-state index contributed by atoms with van der Waals surface area (Å²) in [5.41, 5.74) is -0.718. The largest absolute Gasteiger partial charge is 0.467 e. The summed E-state index contributed by atoms with van der Waals surface area (Å²) in [6, 6.07) is 4.70. The summed E-state index contributed by atoms with van der Waals surface area (Å²) in [4.78, 5) is 45.7. The first-order valence-corrected chi connectivity index (χ1v) is 7.47. The third-order valence-electron chi connectivity index (χ3n) is 3.41. The van der Waals surface area contributed by atoms with Gasteiger partial charge in [-0.15, -0.1) is 0 Å². The number of amides is 2. The van der Waals surface area contributed by atoms with E-state index < -0.39 is 34.3 Å². The van der Waals surface area contributed by atoms with Gasteiger partial charge in [0.05, 0.1) is 12.0 Å². The number of esters is 1. The van der Waals surface area contributed by atoms with Crippen LogP contribution in [0.25, 0.3) is 0 Å². The molecule has 0 fully saturated rings. The summed E-state index contributed by atoms with van der Waals surface area (Å²) in [5, 5.41) is 15.7. The van der Waals surface area contributed by atoms with Gasteiger partial charge in [-0.2, -0.15) is 0 Å². The van der Waals surface area contributed by atoms with Crippen molar-refractivity contribution in [2.24, 2.45) is 0 Å². The molecule has 1 aromatic carbocycles. The number of rotatable bonds is 7. The molecular weight excluding hydrogens is 330 g/mol. The van der Waals surface area contributed by atoms with E-state index in [0.29, 0.717) is 5.56 Å². The zero-order valence-corrected chi connectivity index (χ0v) is 14.5. The van der Waals surface area contributed by atoms with Crippen LogP contribution in [-0.2, 0) is 25.5 Å².